The Labute approximate surface area is 136 Å². The second-order valence-electron chi connectivity index (χ2n) is 6.80. The number of hydrogen-bond donors (Lipinski definition) is 2. The molecule has 1 saturated carbocycles. The van der Waals surface area contributed by atoms with Crippen LogP contribution in [0.5, 0.6) is 0 Å². The van der Waals surface area contributed by atoms with Gasteiger partial charge < -0.3 is 10.4 Å². The summed E-state index contributed by atoms with van der Waals surface area (Å²) in [5.41, 5.74) is 2.54. The van der Waals surface area contributed by atoms with E-state index in [1.54, 1.807) is 0 Å². The second kappa shape index (κ2) is 6.71. The molecule has 1 fully saturated rings. The lowest BCUT2D eigenvalue weighted by Gasteiger charge is -2.35. The van der Waals surface area contributed by atoms with E-state index in [2.05, 4.69) is 22.3 Å². The Bertz CT molecular complexity index is 594. The molecule has 1 amide bonds. The molecule has 0 radical (unpaired) electrons. The zero-order valence-electron chi connectivity index (χ0n) is 13.5. The molecule has 1 unspecified atom stereocenters. The summed E-state index contributed by atoms with van der Waals surface area (Å²) in [5.74, 6) is -0.883. The van der Waals surface area contributed by atoms with Crippen LogP contribution in [0.15, 0.2) is 24.3 Å². The molecule has 1 aromatic carbocycles. The molecular formula is C18H24N2O3. The molecule has 0 spiro atoms. The summed E-state index contributed by atoms with van der Waals surface area (Å²) in [7, 11) is 1.99. The Morgan fingerprint density at radius 2 is 1.78 bits per heavy atom. The number of likely N-dealkylation sites (N-methyl/N-ethyl adjacent to an activating group) is 1. The highest BCUT2D eigenvalue weighted by molar-refractivity contribution is 5.82. The van der Waals surface area contributed by atoms with Gasteiger partial charge in [0.25, 0.3) is 0 Å². The molecule has 23 heavy (non-hydrogen) atoms. The monoisotopic (exact) mass is 316 g/mol. The van der Waals surface area contributed by atoms with Gasteiger partial charge in [-0.1, -0.05) is 24.3 Å². The van der Waals surface area contributed by atoms with Crippen molar-refractivity contribution in [1.29, 1.82) is 0 Å². The van der Waals surface area contributed by atoms with Gasteiger partial charge in [-0.2, -0.15) is 0 Å². The molecule has 2 aliphatic rings. The van der Waals surface area contributed by atoms with Gasteiger partial charge in [0.15, 0.2) is 0 Å². The van der Waals surface area contributed by atoms with Gasteiger partial charge in [-0.15, -0.1) is 0 Å². The van der Waals surface area contributed by atoms with E-state index in [4.69, 9.17) is 5.11 Å². The molecule has 0 saturated heterocycles. The van der Waals surface area contributed by atoms with Crippen molar-refractivity contribution in [2.75, 3.05) is 7.05 Å². The van der Waals surface area contributed by atoms with E-state index in [0.29, 0.717) is 12.8 Å². The summed E-state index contributed by atoms with van der Waals surface area (Å²) in [6.07, 6.45) is 3.57. The van der Waals surface area contributed by atoms with Crippen molar-refractivity contribution in [1.82, 2.24) is 10.2 Å². The fourth-order valence-corrected chi connectivity index (χ4v) is 3.73. The molecule has 124 valence electrons. The first kappa shape index (κ1) is 16.0. The van der Waals surface area contributed by atoms with Crippen LogP contribution >= 0.6 is 0 Å². The second-order valence-corrected chi connectivity index (χ2v) is 6.80. The van der Waals surface area contributed by atoms with E-state index in [0.717, 1.165) is 25.8 Å². The minimum absolute atomic E-state index is 0.0702. The number of rotatable bonds is 3. The van der Waals surface area contributed by atoms with Crippen LogP contribution in [-0.2, 0) is 22.6 Å². The predicted molar refractivity (Wildman–Crippen MR) is 86.9 cm³/mol. The summed E-state index contributed by atoms with van der Waals surface area (Å²) in [6.45, 7) is 0.792. The van der Waals surface area contributed by atoms with Crippen molar-refractivity contribution in [3.05, 3.63) is 35.4 Å². The van der Waals surface area contributed by atoms with Crippen molar-refractivity contribution in [2.24, 2.45) is 5.92 Å². The Hall–Kier alpha value is -1.88. The molecule has 1 atom stereocenters. The third-order valence-corrected chi connectivity index (χ3v) is 5.21. The van der Waals surface area contributed by atoms with Gasteiger partial charge in [0.05, 0.1) is 12.0 Å². The Balaban J connectivity index is 1.58. The first-order valence-electron chi connectivity index (χ1n) is 8.35. The Morgan fingerprint density at radius 1 is 1.13 bits per heavy atom. The maximum atomic E-state index is 12.6. The number of nitrogens with one attached hydrogen (secondary N) is 1. The summed E-state index contributed by atoms with van der Waals surface area (Å²) < 4.78 is 0. The van der Waals surface area contributed by atoms with Crippen molar-refractivity contribution >= 4 is 11.9 Å². The highest BCUT2D eigenvalue weighted by Crippen LogP contribution is 2.26. The third kappa shape index (κ3) is 3.55. The smallest absolute Gasteiger partial charge is 0.306 e. The van der Waals surface area contributed by atoms with Crippen LogP contribution in [0.3, 0.4) is 0 Å². The number of amides is 1. The van der Waals surface area contributed by atoms with E-state index in [9.17, 15) is 9.59 Å². The Kier molecular flexibility index (Phi) is 4.66. The molecule has 5 nitrogen and oxygen atoms in total. The maximum Gasteiger partial charge on any atom is 0.306 e. The first-order valence-corrected chi connectivity index (χ1v) is 8.35. The number of nitrogens with zero attached hydrogens (tertiary/aromatic N) is 1. The Morgan fingerprint density at radius 3 is 2.43 bits per heavy atom. The molecule has 0 bridgehead atoms. The van der Waals surface area contributed by atoms with E-state index < -0.39 is 5.97 Å². The molecule has 1 aliphatic heterocycles. The number of fused-ring (bicyclic) bond motifs is 1. The van der Waals surface area contributed by atoms with Crippen LogP contribution in [0.2, 0.25) is 0 Å². The minimum atomic E-state index is -0.710. The van der Waals surface area contributed by atoms with Crippen LogP contribution in [-0.4, -0.2) is 41.0 Å². The molecule has 1 aromatic rings. The summed E-state index contributed by atoms with van der Waals surface area (Å²) in [6, 6.07) is 8.25. The quantitative estimate of drug-likeness (QED) is 0.892. The normalized spacial score (nSPS) is 28.0. The van der Waals surface area contributed by atoms with E-state index in [1.807, 2.05) is 19.2 Å². The molecular weight excluding hydrogens is 292 g/mol. The van der Waals surface area contributed by atoms with Gasteiger partial charge >= 0.3 is 5.97 Å². The summed E-state index contributed by atoms with van der Waals surface area (Å²) in [4.78, 5) is 25.7. The molecule has 1 aliphatic carbocycles. The van der Waals surface area contributed by atoms with Crippen LogP contribution in [0.1, 0.15) is 36.8 Å². The van der Waals surface area contributed by atoms with Gasteiger partial charge in [-0.25, -0.2) is 0 Å². The average Bonchev–Trinajstić information content (AvgIpc) is 2.54. The number of benzene rings is 1. The molecule has 1 heterocycles. The largest absolute Gasteiger partial charge is 0.481 e. The van der Waals surface area contributed by atoms with Crippen LogP contribution in [0.25, 0.3) is 0 Å². The lowest BCUT2D eigenvalue weighted by atomic mass is 9.86. The number of carboxylic acid groups (broad SMARTS) is 1. The SMILES string of the molecule is CN1Cc2ccccc2CC1C(=O)NC1CCC(C(=O)O)CC1. The van der Waals surface area contributed by atoms with E-state index in [-0.39, 0.29) is 23.9 Å². The standard InChI is InChI=1S/C18H24N2O3/c1-20-11-14-5-3-2-4-13(14)10-16(20)17(21)19-15-8-6-12(7-9-15)18(22)23/h2-5,12,15-16H,6-11H2,1H3,(H,19,21)(H,22,23). The zero-order valence-corrected chi connectivity index (χ0v) is 13.5. The van der Waals surface area contributed by atoms with E-state index in [1.165, 1.54) is 11.1 Å². The fourth-order valence-electron chi connectivity index (χ4n) is 3.73. The van der Waals surface area contributed by atoms with Crippen LogP contribution < -0.4 is 5.32 Å². The van der Waals surface area contributed by atoms with Gasteiger partial charge in [-0.05, 0) is 50.3 Å². The molecule has 0 aromatic heterocycles. The third-order valence-electron chi connectivity index (χ3n) is 5.21. The van der Waals surface area contributed by atoms with Gasteiger partial charge in [0.2, 0.25) is 5.91 Å². The summed E-state index contributed by atoms with van der Waals surface area (Å²) in [5, 5.41) is 12.2. The topological polar surface area (TPSA) is 69.6 Å². The first-order chi connectivity index (χ1) is 11.0. The summed E-state index contributed by atoms with van der Waals surface area (Å²) >= 11 is 0. The van der Waals surface area contributed by atoms with Gasteiger partial charge in [0.1, 0.15) is 0 Å². The average molecular weight is 316 g/mol. The van der Waals surface area contributed by atoms with E-state index >= 15 is 0 Å². The number of carbonyl (C=O) groups excluding carboxylic acids is 1. The van der Waals surface area contributed by atoms with Crippen molar-refractivity contribution in [3.8, 4) is 0 Å². The minimum Gasteiger partial charge on any atom is -0.481 e. The molecule has 2 N–H and O–H groups in total. The van der Waals surface area contributed by atoms with Crippen molar-refractivity contribution < 1.29 is 14.7 Å². The van der Waals surface area contributed by atoms with Crippen molar-refractivity contribution in [2.45, 2.75) is 50.7 Å². The van der Waals surface area contributed by atoms with Gasteiger partial charge in [-0.3, -0.25) is 14.5 Å². The predicted octanol–water partition coefficient (Wildman–Crippen LogP) is 1.80. The van der Waals surface area contributed by atoms with Gasteiger partial charge in [0, 0.05) is 12.6 Å². The van der Waals surface area contributed by atoms with Crippen LogP contribution in [0.4, 0.5) is 0 Å². The highest BCUT2D eigenvalue weighted by atomic mass is 16.4. The number of hydrogen-bond acceptors (Lipinski definition) is 3. The highest BCUT2D eigenvalue weighted by Gasteiger charge is 2.32. The number of carbonyl (C=O) groups is 2. The maximum absolute atomic E-state index is 12.6. The number of aliphatic carboxylic acids is 1. The van der Waals surface area contributed by atoms with Crippen molar-refractivity contribution in [3.63, 3.8) is 0 Å². The zero-order chi connectivity index (χ0) is 16.4. The lowest BCUT2D eigenvalue weighted by molar-refractivity contribution is -0.142. The lowest BCUT2D eigenvalue weighted by Crippen LogP contribution is -2.51. The molecule has 3 rings (SSSR count). The number of carboxylic acids is 1. The fraction of sp³-hybridized carbons (Fsp3) is 0.556. The molecule has 5 heteroatoms. The van der Waals surface area contributed by atoms with Crippen LogP contribution in [0, 0.1) is 5.92 Å².